The van der Waals surface area contributed by atoms with Crippen molar-refractivity contribution in [2.45, 2.75) is 30.6 Å². The molecule has 1 aromatic rings. The molecule has 0 amide bonds. The number of thioether (sulfide) groups is 1. The summed E-state index contributed by atoms with van der Waals surface area (Å²) in [6, 6.07) is 6.19. The van der Waals surface area contributed by atoms with E-state index in [4.69, 9.17) is 4.74 Å². The fraction of sp³-hybridized carbons (Fsp3) is 0.364. The minimum Gasteiger partial charge on any atom is -0.459 e. The van der Waals surface area contributed by atoms with E-state index in [2.05, 4.69) is 0 Å². The first-order valence-corrected chi connectivity index (χ1v) is 5.63. The average molecular weight is 246 g/mol. The van der Waals surface area contributed by atoms with Crippen LogP contribution in [0.15, 0.2) is 29.2 Å². The van der Waals surface area contributed by atoms with Crippen LogP contribution in [0.25, 0.3) is 0 Å². The summed E-state index contributed by atoms with van der Waals surface area (Å²) in [7, 11) is 0. The monoisotopic (exact) mass is 246 g/mol. The van der Waals surface area contributed by atoms with E-state index in [-0.39, 0.29) is 16.6 Å². The molecule has 0 saturated heterocycles. The van der Waals surface area contributed by atoms with Crippen LogP contribution in [0.3, 0.4) is 0 Å². The van der Waals surface area contributed by atoms with Gasteiger partial charge >= 0.3 is 5.97 Å². The molecule has 0 heterocycles. The quantitative estimate of drug-likeness (QED) is 0.600. The first-order chi connectivity index (χ1) is 7.50. The van der Waals surface area contributed by atoms with E-state index < -0.39 is 11.7 Å². The lowest BCUT2D eigenvalue weighted by Gasteiger charge is -2.10. The van der Waals surface area contributed by atoms with Gasteiger partial charge in [-0.3, -0.25) is 0 Å². The maximum atomic E-state index is 12.2. The van der Waals surface area contributed by atoms with Crippen molar-refractivity contribution in [3.63, 3.8) is 0 Å². The molecule has 0 saturated carbocycles. The van der Waals surface area contributed by atoms with Gasteiger partial charge in [-0.05, 0) is 26.0 Å². The van der Waals surface area contributed by atoms with Gasteiger partial charge in [0.15, 0.2) is 0 Å². The molecule has 0 N–H and O–H groups in total. The second-order valence-corrected chi connectivity index (χ2v) is 4.36. The van der Waals surface area contributed by atoms with Crippen molar-refractivity contribution in [2.24, 2.45) is 0 Å². The Morgan fingerprint density at radius 1 is 1.31 bits per heavy atom. The zero-order chi connectivity index (χ0) is 12.1. The molecule has 2 nitrogen and oxygen atoms in total. The first-order valence-electron chi connectivity index (χ1n) is 4.75. The van der Waals surface area contributed by atoms with Crippen molar-refractivity contribution in [2.75, 3.05) is 0 Å². The van der Waals surface area contributed by atoms with E-state index in [1.165, 1.54) is 12.1 Å². The molecule has 0 aromatic heterocycles. The Hall–Kier alpha value is -1.10. The van der Waals surface area contributed by atoms with E-state index in [0.717, 1.165) is 0 Å². The summed E-state index contributed by atoms with van der Waals surface area (Å²) in [5.41, 5.74) is 0.182. The molecule has 0 aliphatic heterocycles. The van der Waals surface area contributed by atoms with Gasteiger partial charge in [0, 0.05) is 4.90 Å². The number of hydrogen-bond acceptors (Lipinski definition) is 3. The van der Waals surface area contributed by atoms with E-state index in [0.29, 0.717) is 11.8 Å². The van der Waals surface area contributed by atoms with Gasteiger partial charge in [-0.15, -0.1) is 0 Å². The van der Waals surface area contributed by atoms with Crippen molar-refractivity contribution in [1.29, 1.82) is 0 Å². The Morgan fingerprint density at radius 2 is 1.94 bits per heavy atom. The molecule has 0 atom stereocenters. The van der Waals surface area contributed by atoms with Crippen LogP contribution >= 0.6 is 11.8 Å². The number of esters is 1. The fourth-order valence-electron chi connectivity index (χ4n) is 1.11. The minimum atomic E-state index is -2.55. The predicted molar refractivity (Wildman–Crippen MR) is 58.9 cm³/mol. The van der Waals surface area contributed by atoms with Crippen LogP contribution in [0.5, 0.6) is 0 Å². The van der Waals surface area contributed by atoms with Gasteiger partial charge in [-0.25, -0.2) is 4.79 Å². The molecule has 0 aliphatic carbocycles. The molecule has 5 heteroatoms. The van der Waals surface area contributed by atoms with Gasteiger partial charge in [0.2, 0.25) is 0 Å². The highest BCUT2D eigenvalue weighted by atomic mass is 32.2. The van der Waals surface area contributed by atoms with Crippen LogP contribution in [0.1, 0.15) is 24.2 Å². The number of rotatable bonds is 4. The normalized spacial score (nSPS) is 10.9. The zero-order valence-electron chi connectivity index (χ0n) is 8.94. The highest BCUT2D eigenvalue weighted by molar-refractivity contribution is 7.99. The molecular weight excluding hydrogens is 234 g/mol. The van der Waals surface area contributed by atoms with Gasteiger partial charge in [-0.2, -0.15) is 8.78 Å². The van der Waals surface area contributed by atoms with Crippen LogP contribution < -0.4 is 0 Å². The number of alkyl halides is 2. The number of carbonyl (C=O) groups is 1. The fourth-order valence-corrected chi connectivity index (χ4v) is 1.74. The third kappa shape index (κ3) is 3.81. The smallest absolute Gasteiger partial charge is 0.339 e. The summed E-state index contributed by atoms with van der Waals surface area (Å²) in [5.74, 6) is -3.12. The molecule has 0 bridgehead atoms. The van der Waals surface area contributed by atoms with Crippen molar-refractivity contribution in [1.82, 2.24) is 0 Å². The van der Waals surface area contributed by atoms with Gasteiger partial charge in [0.25, 0.3) is 5.76 Å². The summed E-state index contributed by atoms with van der Waals surface area (Å²) >= 11 is 0.346. The number of ether oxygens (including phenoxy) is 1. The number of halogens is 2. The Balaban J connectivity index is 2.89. The lowest BCUT2D eigenvalue weighted by Crippen LogP contribution is -2.12. The van der Waals surface area contributed by atoms with Crippen LogP contribution in [-0.2, 0) is 4.74 Å². The molecule has 88 valence electrons. The van der Waals surface area contributed by atoms with E-state index in [1.54, 1.807) is 26.0 Å². The third-order valence-electron chi connectivity index (χ3n) is 1.67. The maximum absolute atomic E-state index is 12.2. The van der Waals surface area contributed by atoms with Gasteiger partial charge in [-0.1, -0.05) is 23.9 Å². The van der Waals surface area contributed by atoms with Crippen LogP contribution in [0.4, 0.5) is 8.78 Å². The highest BCUT2D eigenvalue weighted by Gasteiger charge is 2.16. The van der Waals surface area contributed by atoms with Crippen molar-refractivity contribution >= 4 is 17.7 Å². The molecule has 1 aromatic carbocycles. The van der Waals surface area contributed by atoms with Crippen molar-refractivity contribution < 1.29 is 18.3 Å². The summed E-state index contributed by atoms with van der Waals surface area (Å²) < 4.78 is 29.4. The maximum Gasteiger partial charge on any atom is 0.339 e. The third-order valence-corrected chi connectivity index (χ3v) is 2.45. The van der Waals surface area contributed by atoms with E-state index in [9.17, 15) is 13.6 Å². The predicted octanol–water partition coefficient (Wildman–Crippen LogP) is 3.57. The molecule has 0 spiro atoms. The topological polar surface area (TPSA) is 26.3 Å². The molecule has 0 aliphatic rings. The van der Waals surface area contributed by atoms with E-state index >= 15 is 0 Å². The number of hydrogen-bond donors (Lipinski definition) is 0. The van der Waals surface area contributed by atoms with Crippen LogP contribution in [0, 0.1) is 0 Å². The Morgan fingerprint density at radius 3 is 2.50 bits per heavy atom. The summed E-state index contributed by atoms with van der Waals surface area (Å²) in [4.78, 5) is 11.8. The van der Waals surface area contributed by atoms with Crippen LogP contribution in [-0.4, -0.2) is 17.8 Å². The first kappa shape index (κ1) is 13.0. The lowest BCUT2D eigenvalue weighted by molar-refractivity contribution is 0.0374. The number of benzene rings is 1. The van der Waals surface area contributed by atoms with E-state index in [1.807, 2.05) is 0 Å². The Kier molecular flexibility index (Phi) is 4.73. The standard InChI is InChI=1S/C11H12F2O2S/c1-7(2)15-10(14)8-5-3-4-6-9(8)16-11(12)13/h3-7,11H,1-2H3. The van der Waals surface area contributed by atoms with Gasteiger partial charge in [0.05, 0.1) is 11.7 Å². The van der Waals surface area contributed by atoms with Crippen LogP contribution in [0.2, 0.25) is 0 Å². The second-order valence-electron chi connectivity index (χ2n) is 3.33. The summed E-state index contributed by atoms with van der Waals surface area (Å²) in [6.07, 6.45) is -0.267. The van der Waals surface area contributed by atoms with Gasteiger partial charge in [0.1, 0.15) is 0 Å². The Bertz CT molecular complexity index is 367. The molecule has 1 rings (SSSR count). The summed E-state index contributed by atoms with van der Waals surface area (Å²) in [5, 5.41) is 0. The van der Waals surface area contributed by atoms with Crippen molar-refractivity contribution in [3.8, 4) is 0 Å². The lowest BCUT2D eigenvalue weighted by atomic mass is 10.2. The average Bonchev–Trinajstić information content (AvgIpc) is 2.16. The SMILES string of the molecule is CC(C)OC(=O)c1ccccc1SC(F)F. The minimum absolute atomic E-state index is 0.182. The molecule has 0 radical (unpaired) electrons. The highest BCUT2D eigenvalue weighted by Crippen LogP contribution is 2.28. The molecule has 16 heavy (non-hydrogen) atoms. The molecule has 0 fully saturated rings. The summed E-state index contributed by atoms with van der Waals surface area (Å²) in [6.45, 7) is 3.42. The zero-order valence-corrected chi connectivity index (χ0v) is 9.76. The second kappa shape index (κ2) is 5.84. The van der Waals surface area contributed by atoms with Crippen molar-refractivity contribution in [3.05, 3.63) is 29.8 Å². The Labute approximate surface area is 97.0 Å². The van der Waals surface area contributed by atoms with Gasteiger partial charge < -0.3 is 4.74 Å². The number of carbonyl (C=O) groups excluding carboxylic acids is 1. The molecular formula is C11H12F2O2S. The largest absolute Gasteiger partial charge is 0.459 e. The molecule has 0 unspecified atom stereocenters.